The second kappa shape index (κ2) is 7.29. The number of hydrogen-bond donors (Lipinski definition) is 1. The summed E-state index contributed by atoms with van der Waals surface area (Å²) in [6, 6.07) is 2.00. The Labute approximate surface area is 169 Å². The summed E-state index contributed by atoms with van der Waals surface area (Å²) in [5, 5.41) is 8.86. The molecule has 3 aromatic heterocycles. The van der Waals surface area contributed by atoms with Gasteiger partial charge in [-0.1, -0.05) is 13.3 Å². The van der Waals surface area contributed by atoms with Gasteiger partial charge in [0.25, 0.3) is 0 Å². The number of fused-ring (bicyclic) bond motifs is 3. The Hall–Kier alpha value is -2.68. The monoisotopic (exact) mass is 397 g/mol. The van der Waals surface area contributed by atoms with Crippen LogP contribution < -0.4 is 0 Å². The number of H-pyrrole nitrogens is 1. The van der Waals surface area contributed by atoms with E-state index in [2.05, 4.69) is 43.4 Å². The van der Waals surface area contributed by atoms with Gasteiger partial charge in [0.1, 0.15) is 11.9 Å². The molecule has 4 heterocycles. The zero-order chi connectivity index (χ0) is 20.0. The van der Waals surface area contributed by atoms with Crippen LogP contribution in [0, 0.1) is 5.92 Å². The average Bonchev–Trinajstić information content (AvgIpc) is 3.44. The first-order chi connectivity index (χ1) is 14.1. The van der Waals surface area contributed by atoms with E-state index >= 15 is 0 Å². The van der Waals surface area contributed by atoms with Gasteiger partial charge in [0, 0.05) is 38.3 Å². The predicted octanol–water partition coefficient (Wildman–Crippen LogP) is 2.26. The Bertz CT molecular complexity index is 1020. The summed E-state index contributed by atoms with van der Waals surface area (Å²) in [7, 11) is 2.08. The van der Waals surface area contributed by atoms with E-state index in [0.29, 0.717) is 5.92 Å². The van der Waals surface area contributed by atoms with Crippen LogP contribution in [0.1, 0.15) is 37.9 Å². The maximum atomic E-state index is 12.6. The molecule has 1 amide bonds. The predicted molar refractivity (Wildman–Crippen MR) is 108 cm³/mol. The molecule has 5 rings (SSSR count). The fourth-order valence-electron chi connectivity index (χ4n) is 4.78. The van der Waals surface area contributed by atoms with Crippen molar-refractivity contribution >= 4 is 22.9 Å². The van der Waals surface area contributed by atoms with E-state index in [1.165, 1.54) is 0 Å². The standard InChI is InChI=1S/C20H27N7O2/c1-3-13-10-14(29-20(28)26-8-6-25(2)7-9-26)11-15(13)19-24-23-17-12-22-18-16(27(17)19)4-5-21-18/h4-5,12-15,21H,3,6-11H2,1-2H3/t13-,14+,15+/m1/s1. The minimum absolute atomic E-state index is 0.0759. The first-order valence-electron chi connectivity index (χ1n) is 10.4. The topological polar surface area (TPSA) is 91.7 Å². The van der Waals surface area contributed by atoms with Crippen LogP contribution >= 0.6 is 0 Å². The number of ether oxygens (including phenoxy) is 1. The molecular weight excluding hydrogens is 370 g/mol. The highest BCUT2D eigenvalue weighted by Crippen LogP contribution is 2.42. The number of nitrogens with one attached hydrogen (secondary N) is 1. The van der Waals surface area contributed by atoms with Crippen LogP contribution in [0.4, 0.5) is 4.79 Å². The van der Waals surface area contributed by atoms with Gasteiger partial charge in [-0.2, -0.15) is 0 Å². The highest BCUT2D eigenvalue weighted by Gasteiger charge is 2.39. The Balaban J connectivity index is 1.37. The van der Waals surface area contributed by atoms with Gasteiger partial charge in [0.15, 0.2) is 11.3 Å². The zero-order valence-corrected chi connectivity index (χ0v) is 16.9. The van der Waals surface area contributed by atoms with Gasteiger partial charge in [0.2, 0.25) is 0 Å². The van der Waals surface area contributed by atoms with E-state index < -0.39 is 0 Å². The number of nitrogens with zero attached hydrogens (tertiary/aromatic N) is 6. The summed E-state index contributed by atoms with van der Waals surface area (Å²) in [5.74, 6) is 1.56. The van der Waals surface area contributed by atoms with Crippen LogP contribution in [0.5, 0.6) is 0 Å². The number of piperazine rings is 1. The van der Waals surface area contributed by atoms with Gasteiger partial charge in [-0.3, -0.25) is 4.40 Å². The number of amides is 1. The van der Waals surface area contributed by atoms with E-state index in [4.69, 9.17) is 4.74 Å². The molecular formula is C20H27N7O2. The van der Waals surface area contributed by atoms with Gasteiger partial charge in [-0.25, -0.2) is 9.78 Å². The Morgan fingerprint density at radius 2 is 2.07 bits per heavy atom. The van der Waals surface area contributed by atoms with Crippen LogP contribution in [0.25, 0.3) is 16.8 Å². The molecule has 9 nitrogen and oxygen atoms in total. The number of aromatic nitrogens is 5. The Morgan fingerprint density at radius 1 is 1.24 bits per heavy atom. The van der Waals surface area contributed by atoms with E-state index in [0.717, 1.165) is 68.1 Å². The quantitative estimate of drug-likeness (QED) is 0.729. The first-order valence-corrected chi connectivity index (χ1v) is 10.4. The van der Waals surface area contributed by atoms with Gasteiger partial charge < -0.3 is 19.5 Å². The van der Waals surface area contributed by atoms with E-state index in [-0.39, 0.29) is 18.1 Å². The van der Waals surface area contributed by atoms with Crippen LogP contribution in [-0.2, 0) is 4.74 Å². The lowest BCUT2D eigenvalue weighted by atomic mass is 9.93. The number of carbonyl (C=O) groups excluding carboxylic acids is 1. The van der Waals surface area contributed by atoms with Gasteiger partial charge in [-0.05, 0) is 31.9 Å². The highest BCUT2D eigenvalue weighted by atomic mass is 16.6. The SMILES string of the molecule is CC[C@@H]1C[C@H](OC(=O)N2CCN(C)CC2)C[C@@H]1c1nnc2cnc3[nH]ccc3n12. The van der Waals surface area contributed by atoms with E-state index in [9.17, 15) is 4.79 Å². The maximum absolute atomic E-state index is 12.6. The number of likely N-dealkylation sites (N-methyl/N-ethyl adjacent to an activating group) is 1. The first kappa shape index (κ1) is 18.4. The Morgan fingerprint density at radius 3 is 2.86 bits per heavy atom. The third-order valence-corrected chi connectivity index (χ3v) is 6.50. The van der Waals surface area contributed by atoms with Gasteiger partial charge >= 0.3 is 6.09 Å². The van der Waals surface area contributed by atoms with Crippen LogP contribution in [0.3, 0.4) is 0 Å². The van der Waals surface area contributed by atoms with Crippen LogP contribution in [0.2, 0.25) is 0 Å². The second-order valence-corrected chi connectivity index (χ2v) is 8.26. The maximum Gasteiger partial charge on any atom is 0.410 e. The third-order valence-electron chi connectivity index (χ3n) is 6.50. The lowest BCUT2D eigenvalue weighted by molar-refractivity contribution is 0.0500. The summed E-state index contributed by atoms with van der Waals surface area (Å²) >= 11 is 0. The number of aromatic amines is 1. The number of carbonyl (C=O) groups is 1. The average molecular weight is 397 g/mol. The van der Waals surface area contributed by atoms with Crippen molar-refractivity contribution in [1.82, 2.24) is 34.4 Å². The van der Waals surface area contributed by atoms with Crippen molar-refractivity contribution in [2.75, 3.05) is 33.2 Å². The van der Waals surface area contributed by atoms with Crippen LogP contribution in [0.15, 0.2) is 18.5 Å². The number of rotatable bonds is 3. The highest BCUT2D eigenvalue weighted by molar-refractivity contribution is 5.74. The van der Waals surface area contributed by atoms with Crippen molar-refractivity contribution in [3.05, 3.63) is 24.3 Å². The summed E-state index contributed by atoms with van der Waals surface area (Å²) in [6.45, 7) is 5.45. The molecule has 3 aromatic rings. The lowest BCUT2D eigenvalue weighted by Crippen LogP contribution is -2.47. The molecule has 154 valence electrons. The minimum atomic E-state index is -0.179. The van der Waals surface area contributed by atoms with E-state index in [1.807, 2.05) is 17.2 Å². The fourth-order valence-corrected chi connectivity index (χ4v) is 4.78. The second-order valence-electron chi connectivity index (χ2n) is 8.26. The molecule has 0 radical (unpaired) electrons. The van der Waals surface area contributed by atoms with E-state index in [1.54, 1.807) is 6.20 Å². The molecule has 3 atom stereocenters. The molecule has 2 aliphatic rings. The van der Waals surface area contributed by atoms with Gasteiger partial charge in [0.05, 0.1) is 11.7 Å². The summed E-state index contributed by atoms with van der Waals surface area (Å²) in [6.07, 6.45) is 6.05. The molecule has 1 saturated carbocycles. The number of hydrogen-bond acceptors (Lipinski definition) is 6. The van der Waals surface area contributed by atoms with Crippen molar-refractivity contribution in [2.24, 2.45) is 5.92 Å². The van der Waals surface area contributed by atoms with Crippen molar-refractivity contribution < 1.29 is 9.53 Å². The van der Waals surface area contributed by atoms with Crippen molar-refractivity contribution in [2.45, 2.75) is 38.2 Å². The minimum Gasteiger partial charge on any atom is -0.446 e. The molecule has 29 heavy (non-hydrogen) atoms. The van der Waals surface area contributed by atoms with Gasteiger partial charge in [-0.15, -0.1) is 10.2 Å². The smallest absolute Gasteiger partial charge is 0.410 e. The molecule has 1 aliphatic carbocycles. The molecule has 2 fully saturated rings. The third kappa shape index (κ3) is 3.23. The molecule has 0 aromatic carbocycles. The molecule has 1 aliphatic heterocycles. The summed E-state index contributed by atoms with van der Waals surface area (Å²) in [4.78, 5) is 24.3. The zero-order valence-electron chi connectivity index (χ0n) is 16.9. The lowest BCUT2D eigenvalue weighted by Gasteiger charge is -2.32. The normalized spacial score (nSPS) is 25.9. The molecule has 0 spiro atoms. The molecule has 0 bridgehead atoms. The largest absolute Gasteiger partial charge is 0.446 e. The summed E-state index contributed by atoms with van der Waals surface area (Å²) < 4.78 is 8.02. The van der Waals surface area contributed by atoms with Crippen molar-refractivity contribution in [3.8, 4) is 0 Å². The van der Waals surface area contributed by atoms with Crippen molar-refractivity contribution in [1.29, 1.82) is 0 Å². The molecule has 1 saturated heterocycles. The summed E-state index contributed by atoms with van der Waals surface area (Å²) in [5.41, 5.74) is 2.55. The molecule has 1 N–H and O–H groups in total. The molecule has 9 heteroatoms. The Kier molecular flexibility index (Phi) is 4.61. The molecule has 0 unspecified atom stereocenters. The van der Waals surface area contributed by atoms with Crippen molar-refractivity contribution in [3.63, 3.8) is 0 Å². The van der Waals surface area contributed by atoms with Crippen LogP contribution in [-0.4, -0.2) is 79.8 Å². The fraction of sp³-hybridized carbons (Fsp3) is 0.600.